The van der Waals surface area contributed by atoms with E-state index in [0.717, 1.165) is 12.0 Å². The maximum atomic E-state index is 12.5. The molecule has 2 amide bonds. The van der Waals surface area contributed by atoms with Crippen molar-refractivity contribution >= 4 is 23.4 Å². The fraction of sp³-hybridized carbons (Fsp3) is 0.312. The summed E-state index contributed by atoms with van der Waals surface area (Å²) in [5.74, 6) is -0.794. The van der Waals surface area contributed by atoms with Crippen molar-refractivity contribution in [3.05, 3.63) is 41.1 Å². The van der Waals surface area contributed by atoms with Crippen molar-refractivity contribution in [1.29, 1.82) is 0 Å². The normalized spacial score (nSPS) is 18.0. The number of carbonyl (C=O) groups is 2. The Morgan fingerprint density at radius 3 is 2.74 bits per heavy atom. The molecule has 1 aliphatic rings. The fourth-order valence-corrected chi connectivity index (χ4v) is 2.81. The Bertz CT molecular complexity index is 726. The van der Waals surface area contributed by atoms with E-state index in [4.69, 9.17) is 21.9 Å². The van der Waals surface area contributed by atoms with Crippen LogP contribution in [-0.4, -0.2) is 35.0 Å². The second-order valence-electron chi connectivity index (χ2n) is 5.58. The van der Waals surface area contributed by atoms with Gasteiger partial charge in [-0.25, -0.2) is 0 Å². The molecule has 6 nitrogen and oxygen atoms in total. The largest absolute Gasteiger partial charge is 0.369 e. The quantitative estimate of drug-likeness (QED) is 0.933. The summed E-state index contributed by atoms with van der Waals surface area (Å²) >= 11 is 5.85. The zero-order valence-electron chi connectivity index (χ0n) is 12.4. The molecule has 0 radical (unpaired) electrons. The first-order valence-corrected chi connectivity index (χ1v) is 7.73. The molecular formula is C16H16ClN3O3. The summed E-state index contributed by atoms with van der Waals surface area (Å²) in [7, 11) is 0. The Morgan fingerprint density at radius 2 is 2.04 bits per heavy atom. The number of rotatable bonds is 3. The lowest BCUT2D eigenvalue weighted by Crippen LogP contribution is -2.44. The summed E-state index contributed by atoms with van der Waals surface area (Å²) in [5.41, 5.74) is 6.71. The number of nitrogens with zero attached hydrogens (tertiary/aromatic N) is 2. The first kappa shape index (κ1) is 15.6. The van der Waals surface area contributed by atoms with Gasteiger partial charge >= 0.3 is 0 Å². The van der Waals surface area contributed by atoms with E-state index in [1.54, 1.807) is 35.2 Å². The highest BCUT2D eigenvalue weighted by molar-refractivity contribution is 6.30. The molecule has 7 heteroatoms. The summed E-state index contributed by atoms with van der Waals surface area (Å²) < 4.78 is 5.17. The maximum Gasteiger partial charge on any atom is 0.292 e. The van der Waals surface area contributed by atoms with Gasteiger partial charge < -0.3 is 15.2 Å². The van der Waals surface area contributed by atoms with Crippen LogP contribution in [0.2, 0.25) is 5.02 Å². The number of hydrogen-bond donors (Lipinski definition) is 1. The molecule has 2 heterocycles. The van der Waals surface area contributed by atoms with Crippen molar-refractivity contribution in [2.45, 2.75) is 12.8 Å². The molecule has 120 valence electrons. The van der Waals surface area contributed by atoms with E-state index in [-0.39, 0.29) is 23.5 Å². The van der Waals surface area contributed by atoms with Crippen LogP contribution in [0.25, 0.3) is 11.3 Å². The Hall–Kier alpha value is -2.34. The molecular weight excluding hydrogens is 318 g/mol. The van der Waals surface area contributed by atoms with Crippen molar-refractivity contribution in [3.8, 4) is 11.3 Å². The SMILES string of the molecule is NC(=O)C1CCCN(C(=O)c2cc(-c3ccc(Cl)cc3)no2)C1. The number of nitrogens with two attached hydrogens (primary N) is 1. The minimum atomic E-state index is -0.373. The fourth-order valence-electron chi connectivity index (χ4n) is 2.68. The number of carbonyl (C=O) groups excluding carboxylic acids is 2. The molecule has 1 fully saturated rings. The number of primary amides is 1. The Morgan fingerprint density at radius 1 is 1.30 bits per heavy atom. The van der Waals surface area contributed by atoms with Crippen LogP contribution < -0.4 is 5.73 Å². The number of halogens is 1. The number of likely N-dealkylation sites (tertiary alicyclic amines) is 1. The van der Waals surface area contributed by atoms with Crippen molar-refractivity contribution < 1.29 is 14.1 Å². The highest BCUT2D eigenvalue weighted by Gasteiger charge is 2.29. The Labute approximate surface area is 138 Å². The van der Waals surface area contributed by atoms with Crippen LogP contribution in [0.4, 0.5) is 0 Å². The van der Waals surface area contributed by atoms with E-state index in [9.17, 15) is 9.59 Å². The molecule has 2 N–H and O–H groups in total. The molecule has 0 spiro atoms. The average molecular weight is 334 g/mol. The minimum Gasteiger partial charge on any atom is -0.369 e. The number of hydrogen-bond acceptors (Lipinski definition) is 4. The van der Waals surface area contributed by atoms with Gasteiger partial charge in [0.15, 0.2) is 0 Å². The molecule has 1 aliphatic heterocycles. The van der Waals surface area contributed by atoms with E-state index in [1.807, 2.05) is 0 Å². The third-order valence-corrected chi connectivity index (χ3v) is 4.22. The number of benzene rings is 1. The van der Waals surface area contributed by atoms with Gasteiger partial charge in [0.2, 0.25) is 11.7 Å². The molecule has 1 aromatic heterocycles. The zero-order chi connectivity index (χ0) is 16.4. The van der Waals surface area contributed by atoms with Gasteiger partial charge in [0.25, 0.3) is 5.91 Å². The predicted octanol–water partition coefficient (Wildman–Crippen LogP) is 2.33. The molecule has 1 unspecified atom stereocenters. The van der Waals surface area contributed by atoms with Gasteiger partial charge in [0.1, 0.15) is 5.69 Å². The molecule has 0 aliphatic carbocycles. The van der Waals surface area contributed by atoms with Gasteiger partial charge in [-0.05, 0) is 25.0 Å². The van der Waals surface area contributed by atoms with Crippen LogP contribution in [-0.2, 0) is 4.79 Å². The van der Waals surface area contributed by atoms with Crippen molar-refractivity contribution in [2.75, 3.05) is 13.1 Å². The summed E-state index contributed by atoms with van der Waals surface area (Å²) in [5, 5.41) is 4.55. The molecule has 1 aromatic carbocycles. The third kappa shape index (κ3) is 3.37. The highest BCUT2D eigenvalue weighted by atomic mass is 35.5. The van der Waals surface area contributed by atoms with Crippen LogP contribution in [0.5, 0.6) is 0 Å². The van der Waals surface area contributed by atoms with Gasteiger partial charge in [-0.15, -0.1) is 0 Å². The van der Waals surface area contributed by atoms with Crippen molar-refractivity contribution in [1.82, 2.24) is 10.1 Å². The Balaban J connectivity index is 1.75. The average Bonchev–Trinajstić information content (AvgIpc) is 3.05. The van der Waals surface area contributed by atoms with Gasteiger partial charge in [-0.2, -0.15) is 0 Å². The van der Waals surface area contributed by atoms with Crippen molar-refractivity contribution in [3.63, 3.8) is 0 Å². The molecule has 1 atom stereocenters. The van der Waals surface area contributed by atoms with E-state index >= 15 is 0 Å². The van der Waals surface area contributed by atoms with Crippen LogP contribution in [0.1, 0.15) is 23.4 Å². The molecule has 0 bridgehead atoms. The molecule has 0 saturated carbocycles. The van der Waals surface area contributed by atoms with Gasteiger partial charge in [-0.1, -0.05) is 28.9 Å². The summed E-state index contributed by atoms with van der Waals surface area (Å²) in [4.78, 5) is 25.4. The lowest BCUT2D eigenvalue weighted by Gasteiger charge is -2.30. The number of amides is 2. The topological polar surface area (TPSA) is 89.4 Å². The number of aromatic nitrogens is 1. The molecule has 1 saturated heterocycles. The standard InChI is InChI=1S/C16H16ClN3O3/c17-12-5-3-10(4-6-12)13-8-14(23-19-13)16(22)20-7-1-2-11(9-20)15(18)21/h3-6,8,11H,1-2,7,9H2,(H2,18,21). The maximum absolute atomic E-state index is 12.5. The van der Waals surface area contributed by atoms with Crippen LogP contribution in [0.15, 0.2) is 34.9 Å². The van der Waals surface area contributed by atoms with Crippen molar-refractivity contribution in [2.24, 2.45) is 11.7 Å². The Kier molecular flexibility index (Phi) is 4.34. The predicted molar refractivity (Wildman–Crippen MR) is 84.8 cm³/mol. The second kappa shape index (κ2) is 6.42. The van der Waals surface area contributed by atoms with Gasteiger partial charge in [0, 0.05) is 29.7 Å². The van der Waals surface area contributed by atoms with Crippen LogP contribution in [0.3, 0.4) is 0 Å². The summed E-state index contributed by atoms with van der Waals surface area (Å²) in [6.45, 7) is 0.907. The molecule has 3 rings (SSSR count). The third-order valence-electron chi connectivity index (χ3n) is 3.97. The first-order chi connectivity index (χ1) is 11.0. The monoisotopic (exact) mass is 333 g/mol. The lowest BCUT2D eigenvalue weighted by molar-refractivity contribution is -0.123. The van der Waals surface area contributed by atoms with Gasteiger partial charge in [0.05, 0.1) is 5.92 Å². The zero-order valence-corrected chi connectivity index (χ0v) is 13.1. The van der Waals surface area contributed by atoms with E-state index in [2.05, 4.69) is 5.16 Å². The summed E-state index contributed by atoms with van der Waals surface area (Å²) in [6.07, 6.45) is 1.46. The summed E-state index contributed by atoms with van der Waals surface area (Å²) in [6, 6.07) is 8.70. The first-order valence-electron chi connectivity index (χ1n) is 7.36. The molecule has 23 heavy (non-hydrogen) atoms. The van der Waals surface area contributed by atoms with Crippen LogP contribution in [0, 0.1) is 5.92 Å². The molecule has 2 aromatic rings. The van der Waals surface area contributed by atoms with E-state index in [0.29, 0.717) is 30.2 Å². The smallest absolute Gasteiger partial charge is 0.292 e. The van der Waals surface area contributed by atoms with Gasteiger partial charge in [-0.3, -0.25) is 9.59 Å². The van der Waals surface area contributed by atoms with E-state index < -0.39 is 0 Å². The minimum absolute atomic E-state index is 0.153. The van der Waals surface area contributed by atoms with E-state index in [1.165, 1.54) is 0 Å². The second-order valence-corrected chi connectivity index (χ2v) is 6.01. The van der Waals surface area contributed by atoms with Crippen LogP contribution >= 0.6 is 11.6 Å². The lowest BCUT2D eigenvalue weighted by atomic mass is 9.97. The highest BCUT2D eigenvalue weighted by Crippen LogP contribution is 2.23. The number of piperidine rings is 1.